The maximum absolute atomic E-state index is 5.55. The van der Waals surface area contributed by atoms with Gasteiger partial charge in [-0.2, -0.15) is 4.98 Å². The average molecular weight is 243 g/mol. The fourth-order valence-electron chi connectivity index (χ4n) is 2.36. The average Bonchev–Trinajstić information content (AvgIpc) is 2.87. The Morgan fingerprint density at radius 3 is 3.00 bits per heavy atom. The summed E-state index contributed by atoms with van der Waals surface area (Å²) < 4.78 is 5.55. The maximum Gasteiger partial charge on any atom is 0.297 e. The molecule has 0 saturated heterocycles. The van der Waals surface area contributed by atoms with Crippen LogP contribution < -0.4 is 10.2 Å². The molecule has 0 unspecified atom stereocenters. The zero-order valence-corrected chi connectivity index (χ0v) is 10.5. The van der Waals surface area contributed by atoms with Gasteiger partial charge in [0.15, 0.2) is 0 Å². The van der Waals surface area contributed by atoms with Crippen molar-refractivity contribution in [3.05, 3.63) is 47.3 Å². The monoisotopic (exact) mass is 243 g/mol. The second-order valence-electron chi connectivity index (χ2n) is 4.59. The Hall–Kier alpha value is -1.81. The zero-order chi connectivity index (χ0) is 12.4. The molecular formula is C14H17N3O. The maximum atomic E-state index is 5.55. The molecule has 2 heterocycles. The first kappa shape index (κ1) is 11.3. The molecule has 1 aromatic carbocycles. The van der Waals surface area contributed by atoms with Crippen LogP contribution in [-0.2, 0) is 19.5 Å². The largest absolute Gasteiger partial charge is 0.432 e. The summed E-state index contributed by atoms with van der Waals surface area (Å²) in [7, 11) is 1.91. The predicted octanol–water partition coefficient (Wildman–Crippen LogP) is 1.96. The number of oxazole rings is 1. The topological polar surface area (TPSA) is 41.3 Å². The van der Waals surface area contributed by atoms with Crippen LogP contribution in [0, 0.1) is 0 Å². The summed E-state index contributed by atoms with van der Waals surface area (Å²) in [6, 6.07) is 9.30. The molecule has 0 radical (unpaired) electrons. The first-order valence-corrected chi connectivity index (χ1v) is 6.27. The molecule has 0 atom stereocenters. The van der Waals surface area contributed by atoms with Crippen LogP contribution in [0.4, 0.5) is 6.01 Å². The van der Waals surface area contributed by atoms with Crippen molar-refractivity contribution in [3.63, 3.8) is 0 Å². The molecule has 4 nitrogen and oxygen atoms in total. The first-order valence-electron chi connectivity index (χ1n) is 6.27. The molecule has 1 aliphatic rings. The van der Waals surface area contributed by atoms with Crippen LogP contribution in [0.15, 0.2) is 34.9 Å². The van der Waals surface area contributed by atoms with E-state index in [-0.39, 0.29) is 0 Å². The third-order valence-electron chi connectivity index (χ3n) is 3.30. The van der Waals surface area contributed by atoms with E-state index < -0.39 is 0 Å². The minimum atomic E-state index is 0.731. The van der Waals surface area contributed by atoms with Crippen LogP contribution in [0.2, 0.25) is 0 Å². The van der Waals surface area contributed by atoms with Gasteiger partial charge in [-0.25, -0.2) is 0 Å². The number of hydrogen-bond acceptors (Lipinski definition) is 4. The summed E-state index contributed by atoms with van der Waals surface area (Å²) in [5.41, 5.74) is 3.76. The summed E-state index contributed by atoms with van der Waals surface area (Å²) >= 11 is 0. The summed E-state index contributed by atoms with van der Waals surface area (Å²) in [6.07, 6.45) is 2.78. The van der Waals surface area contributed by atoms with E-state index in [1.165, 1.54) is 11.1 Å². The number of nitrogens with one attached hydrogen (secondary N) is 1. The van der Waals surface area contributed by atoms with Gasteiger partial charge in [-0.3, -0.25) is 0 Å². The summed E-state index contributed by atoms with van der Waals surface area (Å²) in [6.45, 7) is 2.60. The molecule has 1 aliphatic heterocycles. The van der Waals surface area contributed by atoms with Gasteiger partial charge >= 0.3 is 0 Å². The molecule has 0 aliphatic carbocycles. The van der Waals surface area contributed by atoms with Crippen molar-refractivity contribution in [1.82, 2.24) is 10.3 Å². The van der Waals surface area contributed by atoms with Gasteiger partial charge in [0, 0.05) is 19.6 Å². The summed E-state index contributed by atoms with van der Waals surface area (Å²) in [5.74, 6) is 0. The fraction of sp³-hybridized carbons (Fsp3) is 0.357. The second kappa shape index (κ2) is 4.82. The van der Waals surface area contributed by atoms with Crippen LogP contribution in [0.1, 0.15) is 16.8 Å². The molecule has 0 fully saturated rings. The van der Waals surface area contributed by atoms with Gasteiger partial charge in [0.1, 0.15) is 6.26 Å². The molecular weight excluding hydrogens is 226 g/mol. The molecule has 1 aromatic heterocycles. The number of hydrogen-bond donors (Lipinski definition) is 1. The Morgan fingerprint density at radius 2 is 2.17 bits per heavy atom. The Balaban J connectivity index is 1.78. The van der Waals surface area contributed by atoms with Crippen molar-refractivity contribution in [3.8, 4) is 0 Å². The number of fused-ring (bicyclic) bond motifs is 1. The Bertz CT molecular complexity index is 535. The first-order chi connectivity index (χ1) is 8.86. The highest BCUT2D eigenvalue weighted by molar-refractivity contribution is 5.38. The van der Waals surface area contributed by atoms with Gasteiger partial charge in [-0.05, 0) is 24.6 Å². The van der Waals surface area contributed by atoms with Crippen LogP contribution in [-0.4, -0.2) is 18.6 Å². The number of anilines is 1. The molecule has 4 heteroatoms. The van der Waals surface area contributed by atoms with Gasteiger partial charge in [-0.1, -0.05) is 24.3 Å². The van der Waals surface area contributed by atoms with E-state index in [9.17, 15) is 0 Å². The van der Waals surface area contributed by atoms with Crippen LogP contribution >= 0.6 is 0 Å². The Labute approximate surface area is 107 Å². The number of rotatable bonds is 3. The van der Waals surface area contributed by atoms with Crippen LogP contribution in [0.25, 0.3) is 0 Å². The van der Waals surface area contributed by atoms with Gasteiger partial charge in [-0.15, -0.1) is 0 Å². The van der Waals surface area contributed by atoms with Gasteiger partial charge in [0.25, 0.3) is 6.01 Å². The van der Waals surface area contributed by atoms with Crippen molar-refractivity contribution in [1.29, 1.82) is 0 Å². The Kier molecular flexibility index (Phi) is 3.02. The number of aromatic nitrogens is 1. The molecule has 0 amide bonds. The highest BCUT2D eigenvalue weighted by Crippen LogP contribution is 2.23. The van der Waals surface area contributed by atoms with E-state index in [1.807, 2.05) is 7.05 Å². The molecule has 3 rings (SSSR count). The summed E-state index contributed by atoms with van der Waals surface area (Å²) in [5, 5.41) is 3.07. The van der Waals surface area contributed by atoms with E-state index >= 15 is 0 Å². The number of benzene rings is 1. The zero-order valence-electron chi connectivity index (χ0n) is 10.5. The SMILES string of the molecule is CNCc1coc(N2CCc3ccccc3C2)n1. The van der Waals surface area contributed by atoms with E-state index in [1.54, 1.807) is 6.26 Å². The van der Waals surface area contributed by atoms with Crippen molar-refractivity contribution in [2.75, 3.05) is 18.5 Å². The van der Waals surface area contributed by atoms with Gasteiger partial charge < -0.3 is 14.6 Å². The molecule has 0 spiro atoms. The molecule has 94 valence electrons. The van der Waals surface area contributed by atoms with Crippen molar-refractivity contribution >= 4 is 6.01 Å². The third-order valence-corrected chi connectivity index (χ3v) is 3.30. The smallest absolute Gasteiger partial charge is 0.297 e. The second-order valence-corrected chi connectivity index (χ2v) is 4.59. The lowest BCUT2D eigenvalue weighted by Gasteiger charge is -2.27. The summed E-state index contributed by atoms with van der Waals surface area (Å²) in [4.78, 5) is 6.69. The Morgan fingerprint density at radius 1 is 1.33 bits per heavy atom. The standard InChI is InChI=1S/C14H17N3O/c1-15-8-13-10-18-14(16-13)17-7-6-11-4-2-3-5-12(11)9-17/h2-5,10,15H,6-9H2,1H3. The highest BCUT2D eigenvalue weighted by Gasteiger charge is 2.19. The minimum Gasteiger partial charge on any atom is -0.432 e. The molecule has 0 bridgehead atoms. The van der Waals surface area contributed by atoms with E-state index in [2.05, 4.69) is 39.5 Å². The van der Waals surface area contributed by atoms with E-state index in [0.717, 1.165) is 37.8 Å². The predicted molar refractivity (Wildman–Crippen MR) is 70.5 cm³/mol. The van der Waals surface area contributed by atoms with Gasteiger partial charge in [0.05, 0.1) is 5.69 Å². The van der Waals surface area contributed by atoms with Crippen molar-refractivity contribution in [2.45, 2.75) is 19.5 Å². The molecule has 0 saturated carbocycles. The quantitative estimate of drug-likeness (QED) is 0.894. The van der Waals surface area contributed by atoms with Gasteiger partial charge in [0.2, 0.25) is 0 Å². The molecule has 18 heavy (non-hydrogen) atoms. The van der Waals surface area contributed by atoms with E-state index in [0.29, 0.717) is 0 Å². The van der Waals surface area contributed by atoms with Crippen molar-refractivity contribution in [2.24, 2.45) is 0 Å². The lowest BCUT2D eigenvalue weighted by atomic mass is 10.0. The lowest BCUT2D eigenvalue weighted by Crippen LogP contribution is -2.30. The third kappa shape index (κ3) is 2.11. The minimum absolute atomic E-state index is 0.731. The number of nitrogens with zero attached hydrogens (tertiary/aromatic N) is 2. The highest BCUT2D eigenvalue weighted by atomic mass is 16.4. The fourth-order valence-corrected chi connectivity index (χ4v) is 2.36. The van der Waals surface area contributed by atoms with E-state index in [4.69, 9.17) is 4.42 Å². The van der Waals surface area contributed by atoms with Crippen LogP contribution in [0.5, 0.6) is 0 Å². The van der Waals surface area contributed by atoms with Crippen molar-refractivity contribution < 1.29 is 4.42 Å². The normalized spacial score (nSPS) is 14.6. The lowest BCUT2D eigenvalue weighted by molar-refractivity contribution is 0.523. The van der Waals surface area contributed by atoms with Crippen LogP contribution in [0.3, 0.4) is 0 Å². The molecule has 2 aromatic rings. The molecule has 1 N–H and O–H groups in total.